The van der Waals surface area contributed by atoms with E-state index in [1.807, 2.05) is 6.92 Å². The number of aromatic nitrogens is 2. The molecular formula is C18H21N3O6S2. The summed E-state index contributed by atoms with van der Waals surface area (Å²) in [5.41, 5.74) is 0.794. The number of aliphatic hydroxyl groups excluding tert-OH is 1. The monoisotopic (exact) mass is 439 g/mol. The topological polar surface area (TPSA) is 118 Å². The lowest BCUT2D eigenvalue weighted by Crippen LogP contribution is -2.63. The van der Waals surface area contributed by atoms with Crippen LogP contribution in [0.1, 0.15) is 25.6 Å². The fraction of sp³-hybridized carbons (Fsp3) is 0.500. The first-order chi connectivity index (χ1) is 13.6. The highest BCUT2D eigenvalue weighted by atomic mass is 32.2. The van der Waals surface area contributed by atoms with Gasteiger partial charge in [0.1, 0.15) is 16.9 Å². The zero-order valence-corrected chi connectivity index (χ0v) is 18.0. The second-order valence-corrected chi connectivity index (χ2v) is 10.3. The van der Waals surface area contributed by atoms with Gasteiger partial charge in [-0.1, -0.05) is 6.92 Å². The van der Waals surface area contributed by atoms with E-state index in [9.17, 15) is 23.1 Å². The van der Waals surface area contributed by atoms with Gasteiger partial charge < -0.3 is 14.7 Å². The Balaban J connectivity index is 1.88. The molecule has 2 aliphatic rings. The van der Waals surface area contributed by atoms with Crippen molar-refractivity contribution < 1.29 is 27.9 Å². The number of amides is 1. The number of fused-ring (bicyclic) bond motifs is 2. The number of nitrogens with zero attached hydrogens (tertiary/aromatic N) is 3. The Hall–Kier alpha value is -2.24. The van der Waals surface area contributed by atoms with E-state index in [-0.39, 0.29) is 35.2 Å². The number of sulfone groups is 1. The van der Waals surface area contributed by atoms with Crippen LogP contribution in [0.5, 0.6) is 0 Å². The van der Waals surface area contributed by atoms with Crippen LogP contribution in [0.25, 0.3) is 10.4 Å². The van der Waals surface area contributed by atoms with Gasteiger partial charge in [0.25, 0.3) is 0 Å². The van der Waals surface area contributed by atoms with Crippen LogP contribution in [0, 0.1) is 11.8 Å². The predicted octanol–water partition coefficient (Wildman–Crippen LogP) is 0.931. The van der Waals surface area contributed by atoms with Gasteiger partial charge >= 0.3 is 5.97 Å². The number of hydrogen-bond acceptors (Lipinski definition) is 8. The summed E-state index contributed by atoms with van der Waals surface area (Å²) in [4.78, 5) is 31.9. The predicted molar refractivity (Wildman–Crippen MR) is 105 cm³/mol. The Kier molecular flexibility index (Phi) is 4.59. The highest BCUT2D eigenvalue weighted by Gasteiger charge is 2.60. The first-order valence-electron chi connectivity index (χ1n) is 9.17. The highest BCUT2D eigenvalue weighted by molar-refractivity contribution is 7.91. The standard InChI is InChI=1S/C18H21N3O6S2/c1-5-27-18(24)14-11(8(2)13-12(9(3)22)16(23)21(13)14)10-6-20-7-19-15(17(20)28-10)29(4,25)26/h6-9,12-13,22H,5H2,1-4H3/t8-,9+,12+,13+/m0/s1. The molecular weight excluding hydrogens is 418 g/mol. The van der Waals surface area contributed by atoms with Crippen molar-refractivity contribution in [1.82, 2.24) is 14.3 Å². The minimum absolute atomic E-state index is 0.0288. The number of carbonyl (C=O) groups excluding carboxylic acids is 2. The molecule has 4 heterocycles. The van der Waals surface area contributed by atoms with Crippen LogP contribution in [0.15, 0.2) is 23.2 Å². The average molecular weight is 440 g/mol. The molecule has 2 aliphatic heterocycles. The third-order valence-corrected chi connectivity index (χ3v) is 7.71. The number of thiazole rings is 1. The van der Waals surface area contributed by atoms with Crippen molar-refractivity contribution >= 4 is 43.5 Å². The van der Waals surface area contributed by atoms with Crippen molar-refractivity contribution in [1.29, 1.82) is 0 Å². The molecule has 0 bridgehead atoms. The lowest BCUT2D eigenvalue weighted by atomic mass is 9.77. The van der Waals surface area contributed by atoms with E-state index >= 15 is 0 Å². The molecule has 1 N–H and O–H groups in total. The largest absolute Gasteiger partial charge is 0.461 e. The molecule has 0 spiro atoms. The van der Waals surface area contributed by atoms with Gasteiger partial charge in [-0.05, 0) is 13.8 Å². The van der Waals surface area contributed by atoms with Crippen LogP contribution in [0.3, 0.4) is 0 Å². The van der Waals surface area contributed by atoms with Crippen LogP contribution >= 0.6 is 11.3 Å². The molecule has 1 fully saturated rings. The second-order valence-electron chi connectivity index (χ2n) is 7.37. The summed E-state index contributed by atoms with van der Waals surface area (Å²) in [5.74, 6) is -1.74. The Morgan fingerprint density at radius 1 is 1.45 bits per heavy atom. The summed E-state index contributed by atoms with van der Waals surface area (Å²) in [6.45, 7) is 5.30. The molecule has 11 heteroatoms. The number of carbonyl (C=O) groups is 2. The zero-order chi connectivity index (χ0) is 21.2. The molecule has 0 saturated carbocycles. The number of hydrogen-bond donors (Lipinski definition) is 1. The quantitative estimate of drug-likeness (QED) is 0.544. The fourth-order valence-corrected chi connectivity index (χ4v) is 6.59. The molecule has 2 aromatic heterocycles. The Bertz CT molecular complexity index is 1160. The number of β-lactam (4-membered cyclic amide) rings is 1. The van der Waals surface area contributed by atoms with Gasteiger partial charge in [-0.25, -0.2) is 18.2 Å². The van der Waals surface area contributed by atoms with E-state index < -0.39 is 27.8 Å². The van der Waals surface area contributed by atoms with Crippen LogP contribution in [0.2, 0.25) is 0 Å². The van der Waals surface area contributed by atoms with Crippen LogP contribution in [-0.4, -0.2) is 64.7 Å². The van der Waals surface area contributed by atoms with Crippen molar-refractivity contribution in [2.45, 2.75) is 37.9 Å². The summed E-state index contributed by atoms with van der Waals surface area (Å²) in [6.07, 6.45) is 3.37. The maximum absolute atomic E-state index is 12.7. The number of aliphatic hydroxyl groups is 1. The molecule has 156 valence electrons. The SMILES string of the molecule is CCOC(=O)C1=C(c2cn3cnc(S(C)(=O)=O)c3s2)[C@H](C)[C@@H]2[C@@H]([C@@H](C)O)C(=O)N12. The van der Waals surface area contributed by atoms with E-state index in [0.717, 1.165) is 6.26 Å². The molecule has 29 heavy (non-hydrogen) atoms. The lowest BCUT2D eigenvalue weighted by Gasteiger charge is -2.46. The van der Waals surface area contributed by atoms with Gasteiger partial charge in [0.05, 0.1) is 29.5 Å². The molecule has 4 atom stereocenters. The Morgan fingerprint density at radius 2 is 2.14 bits per heavy atom. The number of esters is 1. The van der Waals surface area contributed by atoms with E-state index in [1.165, 1.54) is 22.6 Å². The summed E-state index contributed by atoms with van der Waals surface area (Å²) in [5, 5.41) is 10.0. The smallest absolute Gasteiger partial charge is 0.355 e. The molecule has 1 amide bonds. The van der Waals surface area contributed by atoms with Crippen molar-refractivity contribution in [2.24, 2.45) is 11.8 Å². The van der Waals surface area contributed by atoms with Crippen molar-refractivity contribution in [2.75, 3.05) is 12.9 Å². The first kappa shape index (κ1) is 20.0. The fourth-order valence-electron chi connectivity index (χ4n) is 4.24. The van der Waals surface area contributed by atoms with Crippen LogP contribution in [-0.2, 0) is 24.2 Å². The van der Waals surface area contributed by atoms with Crippen LogP contribution < -0.4 is 0 Å². The van der Waals surface area contributed by atoms with Crippen LogP contribution in [0.4, 0.5) is 0 Å². The van der Waals surface area contributed by atoms with Gasteiger partial charge in [-0.2, -0.15) is 0 Å². The molecule has 0 radical (unpaired) electrons. The lowest BCUT2D eigenvalue weighted by molar-refractivity contribution is -0.164. The van der Waals surface area contributed by atoms with E-state index in [4.69, 9.17) is 4.74 Å². The minimum Gasteiger partial charge on any atom is -0.461 e. The van der Waals surface area contributed by atoms with Gasteiger partial charge in [-0.15, -0.1) is 11.3 Å². The molecule has 9 nitrogen and oxygen atoms in total. The summed E-state index contributed by atoms with van der Waals surface area (Å²) in [7, 11) is -3.51. The maximum Gasteiger partial charge on any atom is 0.355 e. The third-order valence-electron chi connectivity index (χ3n) is 5.44. The molecule has 0 aromatic carbocycles. The molecule has 0 unspecified atom stereocenters. The van der Waals surface area contributed by atoms with Crippen molar-refractivity contribution in [3.63, 3.8) is 0 Å². The van der Waals surface area contributed by atoms with E-state index in [1.54, 1.807) is 24.4 Å². The van der Waals surface area contributed by atoms with Gasteiger partial charge in [0.15, 0.2) is 14.9 Å². The highest BCUT2D eigenvalue weighted by Crippen LogP contribution is 2.51. The first-order valence-corrected chi connectivity index (χ1v) is 11.9. The maximum atomic E-state index is 12.7. The van der Waals surface area contributed by atoms with Gasteiger partial charge in [0, 0.05) is 23.9 Å². The molecule has 0 aliphatic carbocycles. The Labute approximate surface area is 171 Å². The number of ether oxygens (including phenoxy) is 1. The number of rotatable bonds is 5. The normalized spacial score (nSPS) is 25.3. The Morgan fingerprint density at radius 3 is 2.72 bits per heavy atom. The summed E-state index contributed by atoms with van der Waals surface area (Å²) >= 11 is 1.20. The van der Waals surface area contributed by atoms with Gasteiger partial charge in [-0.3, -0.25) is 9.20 Å². The molecule has 4 rings (SSSR count). The summed E-state index contributed by atoms with van der Waals surface area (Å²) < 4.78 is 30.8. The van der Waals surface area contributed by atoms with Gasteiger partial charge in [0.2, 0.25) is 5.91 Å². The third kappa shape index (κ3) is 2.82. The summed E-state index contributed by atoms with van der Waals surface area (Å²) in [6, 6.07) is -0.342. The second kappa shape index (κ2) is 6.64. The van der Waals surface area contributed by atoms with Crippen molar-refractivity contribution in [3.05, 3.63) is 23.1 Å². The van der Waals surface area contributed by atoms with E-state index in [2.05, 4.69) is 4.98 Å². The number of imidazole rings is 1. The van der Waals surface area contributed by atoms with E-state index in [0.29, 0.717) is 15.3 Å². The average Bonchev–Trinajstić information content (AvgIpc) is 3.23. The minimum atomic E-state index is -3.51. The molecule has 2 aromatic rings. The van der Waals surface area contributed by atoms with Crippen molar-refractivity contribution in [3.8, 4) is 0 Å². The zero-order valence-electron chi connectivity index (χ0n) is 16.3. The molecule has 1 saturated heterocycles.